The molecule has 3 unspecified atom stereocenters. The summed E-state index contributed by atoms with van der Waals surface area (Å²) in [6.45, 7) is 4.54. The summed E-state index contributed by atoms with van der Waals surface area (Å²) in [5.41, 5.74) is 22.1. The molecule has 3 heterocycles. The number of aromatic nitrogens is 6. The van der Waals surface area contributed by atoms with Crippen LogP contribution in [0.4, 0.5) is 0 Å². The highest BCUT2D eigenvalue weighted by molar-refractivity contribution is 7.86. The Morgan fingerprint density at radius 3 is 0.938 bits per heavy atom. The van der Waals surface area contributed by atoms with E-state index in [4.69, 9.17) is 29.9 Å². The van der Waals surface area contributed by atoms with E-state index >= 15 is 0 Å². The smallest absolute Gasteiger partial charge is 0.0973 e. The van der Waals surface area contributed by atoms with Crippen molar-refractivity contribution < 1.29 is 12.6 Å². The lowest BCUT2D eigenvalue weighted by Crippen LogP contribution is -2.15. The van der Waals surface area contributed by atoms with Gasteiger partial charge >= 0.3 is 0 Å². The molecule has 0 radical (unpaired) electrons. The third-order valence-electron chi connectivity index (χ3n) is 21.8. The van der Waals surface area contributed by atoms with Crippen molar-refractivity contribution in [2.24, 2.45) is 0 Å². The van der Waals surface area contributed by atoms with Crippen LogP contribution in [0.25, 0.3) is 165 Å². The van der Waals surface area contributed by atoms with E-state index in [1.807, 2.05) is 218 Å². The number of hydrogen-bond donors (Lipinski definition) is 0. The molecule has 1 aliphatic carbocycles. The van der Waals surface area contributed by atoms with E-state index in [-0.39, 0.29) is 5.41 Å². The Balaban J connectivity index is 0.000000111. The Morgan fingerprint density at radius 2 is 0.504 bits per heavy atom. The van der Waals surface area contributed by atoms with Gasteiger partial charge < -0.3 is 0 Å². The fourth-order valence-corrected chi connectivity index (χ4v) is 19.9. The van der Waals surface area contributed by atoms with Gasteiger partial charge in [-0.05, 0) is 215 Å². The van der Waals surface area contributed by atoms with Gasteiger partial charge in [-0.15, -0.1) is 0 Å². The van der Waals surface area contributed by atoms with Crippen LogP contribution in [0, 0.1) is 0 Å². The molecule has 3 aromatic heterocycles. The van der Waals surface area contributed by atoms with Crippen molar-refractivity contribution in [3.05, 3.63) is 375 Å². The molecule has 12 heteroatoms. The Bertz CT molecular complexity index is 7480. The Kier molecular flexibility index (Phi) is 17.3. The topological polar surface area (TPSA) is 129 Å². The second-order valence-corrected chi connectivity index (χ2v) is 33.2. The summed E-state index contributed by atoms with van der Waals surface area (Å²) in [7, 11) is -3.77. The van der Waals surface area contributed by atoms with Gasteiger partial charge in [-0.25, -0.2) is 42.5 Å². The molecule has 0 spiro atoms. The summed E-state index contributed by atoms with van der Waals surface area (Å²) < 4.78 is 40.4. The number of nitrogens with zero attached hydrogens (tertiary/aromatic N) is 6. The molecule has 0 aliphatic heterocycles. The van der Waals surface area contributed by atoms with E-state index in [2.05, 4.69) is 159 Å². The first kappa shape index (κ1) is 68.8. The van der Waals surface area contributed by atoms with Crippen molar-refractivity contribution in [3.63, 3.8) is 0 Å². The highest BCUT2D eigenvalue weighted by atomic mass is 32.2. The van der Waals surface area contributed by atoms with E-state index in [9.17, 15) is 12.6 Å². The highest BCUT2D eigenvalue weighted by Crippen LogP contribution is 2.52. The average Bonchev–Trinajstić information content (AvgIpc) is 1.62. The molecule has 0 bridgehead atoms. The van der Waals surface area contributed by atoms with Gasteiger partial charge in [-0.1, -0.05) is 257 Å². The number of benzene rings is 18. The van der Waals surface area contributed by atoms with Crippen LogP contribution < -0.4 is 0 Å². The zero-order chi connectivity index (χ0) is 75.8. The Labute approximate surface area is 658 Å². The predicted molar refractivity (Wildman–Crippen MR) is 466 cm³/mol. The molecule has 3 atom stereocenters. The molecule has 9 nitrogen and oxygen atoms in total. The molecule has 0 saturated carbocycles. The molecule has 113 heavy (non-hydrogen) atoms. The maximum absolute atomic E-state index is 14.1. The molecule has 0 N–H and O–H groups in total. The number of fused-ring (bicyclic) bond motifs is 17. The van der Waals surface area contributed by atoms with Gasteiger partial charge in [-0.3, -0.25) is 0 Å². The molecule has 0 fully saturated rings. The van der Waals surface area contributed by atoms with Gasteiger partial charge in [0.15, 0.2) is 0 Å². The normalized spacial score (nSPS) is 13.1. The summed E-state index contributed by atoms with van der Waals surface area (Å²) in [6, 6.07) is 122. The second-order valence-electron chi connectivity index (χ2n) is 28.8. The summed E-state index contributed by atoms with van der Waals surface area (Å²) in [5, 5.41) is 10.8. The van der Waals surface area contributed by atoms with Crippen molar-refractivity contribution in [2.45, 2.75) is 48.6 Å². The van der Waals surface area contributed by atoms with E-state index in [1.165, 1.54) is 27.6 Å². The molecule has 536 valence electrons. The van der Waals surface area contributed by atoms with Crippen LogP contribution in [-0.4, -0.2) is 42.5 Å². The third-order valence-corrected chi connectivity index (χ3v) is 26.1. The number of rotatable bonds is 9. The fourth-order valence-electron chi connectivity index (χ4n) is 16.4. The zero-order valence-electron chi connectivity index (χ0n) is 61.3. The molecular formula is C101H66N6O3S3. The predicted octanol–water partition coefficient (Wildman–Crippen LogP) is 24.9. The first-order chi connectivity index (χ1) is 55.5. The van der Waals surface area contributed by atoms with Crippen molar-refractivity contribution in [1.29, 1.82) is 0 Å². The van der Waals surface area contributed by atoms with Gasteiger partial charge in [0.2, 0.25) is 0 Å². The molecule has 22 rings (SSSR count). The van der Waals surface area contributed by atoms with Crippen LogP contribution in [0.2, 0.25) is 0 Å². The summed E-state index contributed by atoms with van der Waals surface area (Å²) in [4.78, 5) is 34.8. The maximum atomic E-state index is 14.1. The first-order valence-corrected chi connectivity index (χ1v) is 41.0. The summed E-state index contributed by atoms with van der Waals surface area (Å²) in [5.74, 6) is 0. The molecule has 0 saturated heterocycles. The van der Waals surface area contributed by atoms with Crippen molar-refractivity contribution in [1.82, 2.24) is 29.9 Å². The maximum Gasteiger partial charge on any atom is 0.0973 e. The van der Waals surface area contributed by atoms with Crippen LogP contribution in [0.3, 0.4) is 0 Å². The number of hydrogen-bond acceptors (Lipinski definition) is 9. The van der Waals surface area contributed by atoms with E-state index < -0.39 is 32.4 Å². The first-order valence-electron chi connectivity index (χ1n) is 37.5. The standard InChI is InChI=1S/C37H26N2OS.C36H22N2OS.C28H18N2OS/c1-37(2)31-20-23(16-18-27(31)28-19-17-25(21-32(28)37)41(40)24-10-4-3-5-11-24)30-22-35-36(29-13-7-6-12-26(29)30)39-34-15-9-8-14-33(34)38-35;39-40(23-12-2-1-3-13-23)36-28-18-8-5-15-25(28)34(26-16-6-9-19-29(26)36)30-22-33-35(27-17-7-4-14-24(27)30)38-32-21-11-10-20-31(32)37-33;31-32(20-8-2-1-3-9-20)21-16-14-19(15-17-21)24-18-27-28(23-11-5-4-10-22(23)24)30-26-13-7-6-12-25(26)29-27/h3-22H,1-2H3;1-22H;1-18H. The lowest BCUT2D eigenvalue weighted by molar-refractivity contribution is 0.657. The minimum atomic E-state index is -1.35. The van der Waals surface area contributed by atoms with Crippen molar-refractivity contribution in [3.8, 4) is 44.5 Å². The SMILES string of the molecule is CC1(C)c2cc(-c3cc4nc5ccccc5nc4c4ccccc34)ccc2-c2ccc(S(=O)c3ccccc3)cc21.O=S(c1ccccc1)c1c2ccccc2c(-c2cc3nc4ccccc4nc3c3ccccc23)c2ccccc12.O=S(c1ccccc1)c1ccc(-c2cc3nc4ccccc4nc3c3ccccc23)cc1. The van der Waals surface area contributed by atoms with Gasteiger partial charge in [-0.2, -0.15) is 0 Å². The molecule has 21 aromatic rings. The van der Waals surface area contributed by atoms with E-state index in [0.717, 1.165) is 177 Å². The largest absolute Gasteiger partial charge is 0.249 e. The van der Waals surface area contributed by atoms with Gasteiger partial charge in [0.1, 0.15) is 0 Å². The molecular weight excluding hydrogens is 1440 g/mol. The number of para-hydroxylation sites is 6. The Morgan fingerprint density at radius 1 is 0.212 bits per heavy atom. The van der Waals surface area contributed by atoms with Crippen LogP contribution in [0.5, 0.6) is 0 Å². The minimum absolute atomic E-state index is 0.236. The van der Waals surface area contributed by atoms with Crippen LogP contribution in [0.1, 0.15) is 25.0 Å². The van der Waals surface area contributed by atoms with E-state index in [0.29, 0.717) is 0 Å². The average molecular weight is 1510 g/mol. The van der Waals surface area contributed by atoms with E-state index in [1.54, 1.807) is 0 Å². The van der Waals surface area contributed by atoms with Crippen LogP contribution >= 0.6 is 0 Å². The molecule has 1 aliphatic rings. The highest BCUT2D eigenvalue weighted by Gasteiger charge is 2.37. The monoisotopic (exact) mass is 1510 g/mol. The Hall–Kier alpha value is -13.5. The van der Waals surface area contributed by atoms with Crippen molar-refractivity contribution in [2.75, 3.05) is 0 Å². The van der Waals surface area contributed by atoms with Gasteiger partial charge in [0.25, 0.3) is 0 Å². The third kappa shape index (κ3) is 12.2. The summed E-state index contributed by atoms with van der Waals surface area (Å²) in [6.07, 6.45) is 0. The fraction of sp³-hybridized carbons (Fsp3) is 0.0297. The molecule has 0 amide bonds. The van der Waals surface area contributed by atoms with Gasteiger partial charge in [0, 0.05) is 46.1 Å². The van der Waals surface area contributed by atoms with Gasteiger partial charge in [0.05, 0.1) is 103 Å². The quantitative estimate of drug-likeness (QED) is 0.102. The lowest BCUT2D eigenvalue weighted by atomic mass is 9.81. The lowest BCUT2D eigenvalue weighted by Gasteiger charge is -2.23. The second kappa shape index (κ2) is 28.4. The summed E-state index contributed by atoms with van der Waals surface area (Å²) >= 11 is 0. The van der Waals surface area contributed by atoms with Crippen LogP contribution in [0.15, 0.2) is 393 Å². The minimum Gasteiger partial charge on any atom is -0.249 e. The zero-order valence-corrected chi connectivity index (χ0v) is 63.7. The van der Waals surface area contributed by atoms with Crippen LogP contribution in [-0.2, 0) is 37.8 Å². The van der Waals surface area contributed by atoms with Crippen molar-refractivity contribution >= 4 is 152 Å². The molecule has 18 aromatic carbocycles.